The van der Waals surface area contributed by atoms with E-state index < -0.39 is 40.6 Å². The Balaban J connectivity index is 1.21. The molecule has 0 spiro atoms. The minimum atomic E-state index is -1.04. The number of hydrogen-bond donors (Lipinski definition) is 6. The zero-order valence-corrected chi connectivity index (χ0v) is 24.0. The maximum absolute atomic E-state index is 13.4. The van der Waals surface area contributed by atoms with Gasteiger partial charge in [0.15, 0.2) is 11.3 Å². The molecule has 232 valence electrons. The molecule has 0 fully saturated rings. The van der Waals surface area contributed by atoms with Crippen molar-refractivity contribution < 1.29 is 24.3 Å². The van der Waals surface area contributed by atoms with E-state index in [1.807, 2.05) is 0 Å². The fourth-order valence-electron chi connectivity index (χ4n) is 5.47. The number of hydrogen-bond acceptors (Lipinski definition) is 10. The van der Waals surface area contributed by atoms with Crippen molar-refractivity contribution in [3.05, 3.63) is 120 Å². The summed E-state index contributed by atoms with van der Waals surface area (Å²) >= 11 is 0. The van der Waals surface area contributed by atoms with Gasteiger partial charge in [-0.2, -0.15) is 0 Å². The fraction of sp³-hybridized carbons (Fsp3) is 0.161. The molecule has 0 radical (unpaired) electrons. The summed E-state index contributed by atoms with van der Waals surface area (Å²) in [5.74, 6) is -3.15. The summed E-state index contributed by atoms with van der Waals surface area (Å²) in [5.41, 5.74) is 12.4. The third kappa shape index (κ3) is 5.40. The van der Waals surface area contributed by atoms with E-state index in [0.717, 1.165) is 16.7 Å². The lowest BCUT2D eigenvalue weighted by atomic mass is 10.0. The summed E-state index contributed by atoms with van der Waals surface area (Å²) in [6.07, 6.45) is 2.31. The number of fused-ring (bicyclic) bond motifs is 2. The van der Waals surface area contributed by atoms with Gasteiger partial charge in [0.05, 0.1) is 11.6 Å². The Morgan fingerprint density at radius 3 is 2.46 bits per heavy atom. The number of nitrogens with two attached hydrogens (primary N) is 2. The van der Waals surface area contributed by atoms with Gasteiger partial charge in [0.2, 0.25) is 0 Å². The molecule has 0 aliphatic heterocycles. The minimum absolute atomic E-state index is 0.0264. The lowest BCUT2D eigenvalue weighted by Gasteiger charge is -2.15. The van der Waals surface area contributed by atoms with Crippen molar-refractivity contribution in [2.75, 3.05) is 11.1 Å². The van der Waals surface area contributed by atoms with Gasteiger partial charge in [-0.15, -0.1) is 0 Å². The van der Waals surface area contributed by atoms with Crippen LogP contribution in [0.4, 0.5) is 11.4 Å². The van der Waals surface area contributed by atoms with Crippen LogP contribution in [0.5, 0.6) is 0 Å². The molecule has 6 rings (SSSR count). The van der Waals surface area contributed by atoms with E-state index in [1.54, 1.807) is 36.4 Å². The van der Waals surface area contributed by atoms with Crippen molar-refractivity contribution in [2.45, 2.75) is 32.0 Å². The molecule has 15 heteroatoms. The van der Waals surface area contributed by atoms with Crippen LogP contribution >= 0.6 is 0 Å². The minimum Gasteiger partial charge on any atom is -0.478 e. The van der Waals surface area contributed by atoms with Crippen LogP contribution in [0.3, 0.4) is 0 Å². The summed E-state index contributed by atoms with van der Waals surface area (Å²) in [7, 11) is 0. The van der Waals surface area contributed by atoms with Gasteiger partial charge >= 0.3 is 5.97 Å². The quantitative estimate of drug-likeness (QED) is 0.118. The van der Waals surface area contributed by atoms with E-state index >= 15 is 0 Å². The van der Waals surface area contributed by atoms with Gasteiger partial charge < -0.3 is 32.5 Å². The Hall–Kier alpha value is -6.38. The van der Waals surface area contributed by atoms with Gasteiger partial charge in [-0.05, 0) is 53.3 Å². The predicted octanol–water partition coefficient (Wildman–Crippen LogP) is 0.664. The second-order valence-electron chi connectivity index (χ2n) is 10.8. The van der Waals surface area contributed by atoms with Crippen molar-refractivity contribution in [3.63, 3.8) is 0 Å². The number of anilines is 2. The van der Waals surface area contributed by atoms with Crippen LogP contribution in [0.1, 0.15) is 76.5 Å². The SMILES string of the molecule is NC(=O)c1ncn2c(C(=O)NCc3cccc(CNc4c(N)c(=O)c4=O)c3)cc(C(=O)N[C@H]3CCc4cc(C(=O)O)ccc43)nc12. The molecular weight excluding hydrogens is 596 g/mol. The monoisotopic (exact) mass is 622 g/mol. The van der Waals surface area contributed by atoms with Gasteiger partial charge in [-0.3, -0.25) is 28.4 Å². The van der Waals surface area contributed by atoms with Crippen molar-refractivity contribution >= 4 is 40.7 Å². The molecule has 2 heterocycles. The molecule has 0 saturated heterocycles. The highest BCUT2D eigenvalue weighted by molar-refractivity contribution is 6.01. The number of carboxylic acids is 1. The molecule has 0 unspecified atom stereocenters. The lowest BCUT2D eigenvalue weighted by molar-refractivity contribution is 0.0695. The highest BCUT2D eigenvalue weighted by atomic mass is 16.4. The van der Waals surface area contributed by atoms with E-state index in [-0.39, 0.29) is 52.8 Å². The average molecular weight is 623 g/mol. The normalized spacial score (nSPS) is 13.8. The summed E-state index contributed by atoms with van der Waals surface area (Å²) in [4.78, 5) is 81.5. The third-order valence-electron chi connectivity index (χ3n) is 7.83. The van der Waals surface area contributed by atoms with Crippen LogP contribution in [0.2, 0.25) is 0 Å². The van der Waals surface area contributed by atoms with Gasteiger partial charge in [-0.25, -0.2) is 14.8 Å². The zero-order chi connectivity index (χ0) is 32.7. The van der Waals surface area contributed by atoms with Crippen molar-refractivity contribution in [1.29, 1.82) is 0 Å². The van der Waals surface area contributed by atoms with Crippen LogP contribution in [-0.4, -0.2) is 43.2 Å². The number of aryl methyl sites for hydroxylation is 1. The molecule has 0 bridgehead atoms. The molecule has 1 aliphatic rings. The highest BCUT2D eigenvalue weighted by Crippen LogP contribution is 2.32. The number of aromatic nitrogens is 3. The number of imidazole rings is 1. The number of amides is 3. The molecule has 1 aliphatic carbocycles. The molecule has 15 nitrogen and oxygen atoms in total. The van der Waals surface area contributed by atoms with E-state index in [0.29, 0.717) is 18.4 Å². The number of aromatic carboxylic acids is 1. The maximum Gasteiger partial charge on any atom is 0.335 e. The van der Waals surface area contributed by atoms with Crippen molar-refractivity contribution in [1.82, 2.24) is 25.0 Å². The molecular formula is C31H26N8O7. The zero-order valence-electron chi connectivity index (χ0n) is 24.0. The number of benzene rings is 2. The maximum atomic E-state index is 13.4. The molecule has 5 aromatic rings. The Kier molecular flexibility index (Phi) is 7.49. The first-order valence-corrected chi connectivity index (χ1v) is 14.1. The van der Waals surface area contributed by atoms with Crippen LogP contribution in [0, 0.1) is 0 Å². The van der Waals surface area contributed by atoms with Crippen LogP contribution in [-0.2, 0) is 19.5 Å². The van der Waals surface area contributed by atoms with Crippen LogP contribution < -0.4 is 38.3 Å². The number of carboxylic acid groups (broad SMARTS) is 1. The Morgan fingerprint density at radius 1 is 0.978 bits per heavy atom. The predicted molar refractivity (Wildman–Crippen MR) is 164 cm³/mol. The first-order chi connectivity index (χ1) is 22.0. The molecule has 0 saturated carbocycles. The molecule has 8 N–H and O–H groups in total. The van der Waals surface area contributed by atoms with Gasteiger partial charge in [-0.1, -0.05) is 30.3 Å². The average Bonchev–Trinajstić information content (AvgIpc) is 3.67. The highest BCUT2D eigenvalue weighted by Gasteiger charge is 2.27. The number of carbonyl (C=O) groups is 4. The smallest absolute Gasteiger partial charge is 0.335 e. The first kappa shape index (κ1) is 29.7. The van der Waals surface area contributed by atoms with Crippen LogP contribution in [0.25, 0.3) is 5.65 Å². The summed E-state index contributed by atoms with van der Waals surface area (Å²) < 4.78 is 1.26. The Labute approximate surface area is 259 Å². The number of carbonyl (C=O) groups excluding carboxylic acids is 3. The van der Waals surface area contributed by atoms with Crippen molar-refractivity contribution in [3.8, 4) is 0 Å². The number of nitrogens with zero attached hydrogens (tertiary/aromatic N) is 3. The number of primary amides is 1. The molecule has 1 atom stereocenters. The largest absolute Gasteiger partial charge is 0.478 e. The number of nitrogens with one attached hydrogen (secondary N) is 3. The topological polar surface area (TPSA) is 241 Å². The molecule has 3 amide bonds. The lowest BCUT2D eigenvalue weighted by Crippen LogP contribution is -2.36. The fourth-order valence-corrected chi connectivity index (χ4v) is 5.47. The van der Waals surface area contributed by atoms with E-state index in [9.17, 15) is 33.9 Å². The molecule has 2 aromatic heterocycles. The first-order valence-electron chi connectivity index (χ1n) is 14.1. The van der Waals surface area contributed by atoms with E-state index in [2.05, 4.69) is 25.9 Å². The van der Waals surface area contributed by atoms with Crippen molar-refractivity contribution in [2.24, 2.45) is 5.73 Å². The van der Waals surface area contributed by atoms with E-state index in [1.165, 1.54) is 22.9 Å². The second kappa shape index (κ2) is 11.6. The number of nitrogen functional groups attached to an aromatic ring is 1. The van der Waals surface area contributed by atoms with E-state index in [4.69, 9.17) is 11.5 Å². The summed E-state index contributed by atoms with van der Waals surface area (Å²) in [6.45, 7) is 0.298. The standard InChI is InChI=1S/C31H26N8O7/c32-22-23(26(41)25(22)40)34-11-14-2-1-3-15(8-14)12-35-30(44)21-10-20(37-28-24(27(33)42)36-13-39(21)28)29(43)38-19-7-5-16-9-17(31(45)46)4-6-18(16)19/h1-4,6,8-10,13,19,34H,5,7,11-12,32H2,(H2,33,42)(H,35,44)(H,38,43)(H,45,46)/t19-/m0/s1. The summed E-state index contributed by atoms with van der Waals surface area (Å²) in [6, 6.07) is 12.7. The van der Waals surface area contributed by atoms with Gasteiger partial charge in [0, 0.05) is 13.1 Å². The second-order valence-corrected chi connectivity index (χ2v) is 10.8. The Morgan fingerprint density at radius 2 is 1.74 bits per heavy atom. The molecule has 3 aromatic carbocycles. The summed E-state index contributed by atoms with van der Waals surface area (Å²) in [5, 5.41) is 17.8. The van der Waals surface area contributed by atoms with Gasteiger partial charge in [0.25, 0.3) is 28.6 Å². The third-order valence-corrected chi connectivity index (χ3v) is 7.83. The number of rotatable bonds is 10. The van der Waals surface area contributed by atoms with Crippen LogP contribution in [0.15, 0.2) is 64.4 Å². The molecule has 46 heavy (non-hydrogen) atoms. The van der Waals surface area contributed by atoms with Gasteiger partial charge in [0.1, 0.15) is 29.1 Å². The Bertz CT molecular complexity index is 2160.